The summed E-state index contributed by atoms with van der Waals surface area (Å²) in [5.41, 5.74) is 1.06. The Balaban J connectivity index is 1.35. The Morgan fingerprint density at radius 2 is 2.08 bits per heavy atom. The first kappa shape index (κ1) is 17.3. The van der Waals surface area contributed by atoms with E-state index < -0.39 is 0 Å². The van der Waals surface area contributed by atoms with Crippen LogP contribution in [0.4, 0.5) is 5.69 Å². The lowest BCUT2D eigenvalue weighted by atomic mass is 10.2. The molecule has 2 fully saturated rings. The van der Waals surface area contributed by atoms with E-state index in [0.29, 0.717) is 5.88 Å². The van der Waals surface area contributed by atoms with Crippen LogP contribution < -0.4 is 9.64 Å². The van der Waals surface area contributed by atoms with Crippen molar-refractivity contribution in [3.63, 3.8) is 0 Å². The van der Waals surface area contributed by atoms with Gasteiger partial charge in [-0.25, -0.2) is 4.98 Å². The van der Waals surface area contributed by atoms with Crippen molar-refractivity contribution in [3.05, 3.63) is 40.2 Å². The van der Waals surface area contributed by atoms with Gasteiger partial charge in [0.1, 0.15) is 0 Å². The number of nitrogens with zero attached hydrogens (tertiary/aromatic N) is 3. The minimum absolute atomic E-state index is 0.131. The van der Waals surface area contributed by atoms with Crippen LogP contribution in [0.25, 0.3) is 0 Å². The SMILES string of the molecule is COc1ccc(N2CCN(C(=O)c3ccc(C4CCCO4)s3)CC2)cn1. The van der Waals surface area contributed by atoms with Gasteiger partial charge in [0.05, 0.1) is 30.0 Å². The normalized spacial score (nSPS) is 20.4. The molecule has 0 aliphatic carbocycles. The molecule has 2 saturated heterocycles. The van der Waals surface area contributed by atoms with Crippen molar-refractivity contribution in [2.24, 2.45) is 0 Å². The maximum atomic E-state index is 12.8. The van der Waals surface area contributed by atoms with Gasteiger partial charge < -0.3 is 19.3 Å². The van der Waals surface area contributed by atoms with Gasteiger partial charge in [-0.15, -0.1) is 11.3 Å². The highest BCUT2D eigenvalue weighted by Crippen LogP contribution is 2.33. The van der Waals surface area contributed by atoms with E-state index in [-0.39, 0.29) is 12.0 Å². The fourth-order valence-corrected chi connectivity index (χ4v) is 4.51. The minimum Gasteiger partial charge on any atom is -0.481 e. The van der Waals surface area contributed by atoms with Crippen molar-refractivity contribution in [2.75, 3.05) is 44.8 Å². The molecule has 2 aromatic rings. The van der Waals surface area contributed by atoms with Crippen LogP contribution in [0, 0.1) is 0 Å². The molecule has 4 rings (SSSR count). The van der Waals surface area contributed by atoms with Crippen molar-refractivity contribution >= 4 is 22.9 Å². The first-order valence-electron chi connectivity index (χ1n) is 9.00. The third-order valence-electron chi connectivity index (χ3n) is 4.95. The third kappa shape index (κ3) is 3.54. The number of amides is 1. The molecule has 0 saturated carbocycles. The van der Waals surface area contributed by atoms with Crippen LogP contribution >= 0.6 is 11.3 Å². The van der Waals surface area contributed by atoms with Crippen LogP contribution in [0.3, 0.4) is 0 Å². The summed E-state index contributed by atoms with van der Waals surface area (Å²) in [5, 5.41) is 0. The van der Waals surface area contributed by atoms with E-state index in [0.717, 1.165) is 56.2 Å². The van der Waals surface area contributed by atoms with Gasteiger partial charge in [0, 0.05) is 43.7 Å². The number of carbonyl (C=O) groups is 1. The van der Waals surface area contributed by atoms with Gasteiger partial charge in [-0.3, -0.25) is 4.79 Å². The Morgan fingerprint density at radius 3 is 2.73 bits per heavy atom. The van der Waals surface area contributed by atoms with Gasteiger partial charge in [0.15, 0.2) is 0 Å². The number of ether oxygens (including phenoxy) is 2. The summed E-state index contributed by atoms with van der Waals surface area (Å²) in [5.74, 6) is 0.744. The Hall–Kier alpha value is -2.12. The molecule has 0 radical (unpaired) electrons. The average Bonchev–Trinajstić information content (AvgIpc) is 3.39. The van der Waals surface area contributed by atoms with E-state index >= 15 is 0 Å². The number of rotatable bonds is 4. The van der Waals surface area contributed by atoms with Gasteiger partial charge >= 0.3 is 0 Å². The molecule has 0 N–H and O–H groups in total. The van der Waals surface area contributed by atoms with Gasteiger partial charge in [0.2, 0.25) is 5.88 Å². The zero-order valence-electron chi connectivity index (χ0n) is 14.9. The minimum atomic E-state index is 0.131. The number of hydrogen-bond donors (Lipinski definition) is 0. The number of thiophene rings is 1. The first-order chi connectivity index (χ1) is 12.7. The van der Waals surface area contributed by atoms with Gasteiger partial charge in [0.25, 0.3) is 5.91 Å². The second-order valence-corrected chi connectivity index (χ2v) is 7.66. The summed E-state index contributed by atoms with van der Waals surface area (Å²) in [6.45, 7) is 3.89. The standard InChI is InChI=1S/C19H23N3O3S/c1-24-18-7-4-14(13-20-18)21-8-10-22(11-9-21)19(23)17-6-5-16(26-17)15-3-2-12-25-15/h4-7,13,15H,2-3,8-12H2,1H3. The molecule has 0 bridgehead atoms. The van der Waals surface area contributed by atoms with Crippen LogP contribution in [0.5, 0.6) is 5.88 Å². The summed E-state index contributed by atoms with van der Waals surface area (Å²) in [4.78, 5) is 23.2. The lowest BCUT2D eigenvalue weighted by Crippen LogP contribution is -2.48. The van der Waals surface area contributed by atoms with Gasteiger partial charge in [-0.05, 0) is 31.0 Å². The largest absolute Gasteiger partial charge is 0.481 e. The zero-order chi connectivity index (χ0) is 17.9. The predicted molar refractivity (Wildman–Crippen MR) is 101 cm³/mol. The molecule has 26 heavy (non-hydrogen) atoms. The Labute approximate surface area is 157 Å². The highest BCUT2D eigenvalue weighted by atomic mass is 32.1. The Kier molecular flexibility index (Phi) is 5.08. The maximum Gasteiger partial charge on any atom is 0.264 e. The Bertz CT molecular complexity index is 748. The summed E-state index contributed by atoms with van der Waals surface area (Å²) in [6.07, 6.45) is 4.17. The number of aromatic nitrogens is 1. The molecular weight excluding hydrogens is 350 g/mol. The quantitative estimate of drug-likeness (QED) is 0.825. The molecule has 2 aromatic heterocycles. The Morgan fingerprint density at radius 1 is 1.23 bits per heavy atom. The van der Waals surface area contributed by atoms with Crippen LogP contribution in [-0.4, -0.2) is 55.7 Å². The molecular formula is C19H23N3O3S. The number of pyridine rings is 1. The molecule has 1 unspecified atom stereocenters. The van der Waals surface area contributed by atoms with E-state index in [1.54, 1.807) is 18.4 Å². The van der Waals surface area contributed by atoms with E-state index in [4.69, 9.17) is 9.47 Å². The van der Waals surface area contributed by atoms with Crippen molar-refractivity contribution in [1.82, 2.24) is 9.88 Å². The molecule has 6 nitrogen and oxygen atoms in total. The van der Waals surface area contributed by atoms with Crippen molar-refractivity contribution in [2.45, 2.75) is 18.9 Å². The number of hydrogen-bond acceptors (Lipinski definition) is 6. The molecule has 0 spiro atoms. The molecule has 0 aromatic carbocycles. The van der Waals surface area contributed by atoms with Crippen LogP contribution in [0.2, 0.25) is 0 Å². The topological polar surface area (TPSA) is 54.9 Å². The van der Waals surface area contributed by atoms with Gasteiger partial charge in [-0.1, -0.05) is 0 Å². The molecule has 1 atom stereocenters. The van der Waals surface area contributed by atoms with Crippen molar-refractivity contribution in [1.29, 1.82) is 0 Å². The molecule has 138 valence electrons. The molecule has 7 heteroatoms. The summed E-state index contributed by atoms with van der Waals surface area (Å²) < 4.78 is 10.8. The second-order valence-electron chi connectivity index (χ2n) is 6.54. The highest BCUT2D eigenvalue weighted by Gasteiger charge is 2.25. The van der Waals surface area contributed by atoms with Crippen LogP contribution in [0.15, 0.2) is 30.5 Å². The van der Waals surface area contributed by atoms with Crippen molar-refractivity contribution in [3.8, 4) is 5.88 Å². The zero-order valence-corrected chi connectivity index (χ0v) is 15.7. The van der Waals surface area contributed by atoms with E-state index in [1.165, 1.54) is 4.88 Å². The van der Waals surface area contributed by atoms with E-state index in [9.17, 15) is 4.79 Å². The number of anilines is 1. The first-order valence-corrected chi connectivity index (χ1v) is 9.82. The van der Waals surface area contributed by atoms with Crippen LogP contribution in [0.1, 0.15) is 33.5 Å². The summed E-state index contributed by atoms with van der Waals surface area (Å²) >= 11 is 1.58. The number of carbonyl (C=O) groups excluding carboxylic acids is 1. The average molecular weight is 373 g/mol. The molecule has 1 amide bonds. The fourth-order valence-electron chi connectivity index (χ4n) is 3.45. The molecule has 2 aliphatic heterocycles. The van der Waals surface area contributed by atoms with E-state index in [1.807, 2.05) is 35.4 Å². The maximum absolute atomic E-state index is 12.8. The number of methoxy groups -OCH3 is 1. The summed E-state index contributed by atoms with van der Waals surface area (Å²) in [6, 6.07) is 7.87. The van der Waals surface area contributed by atoms with E-state index in [2.05, 4.69) is 9.88 Å². The number of piperazine rings is 1. The molecule has 4 heterocycles. The lowest BCUT2D eigenvalue weighted by Gasteiger charge is -2.35. The lowest BCUT2D eigenvalue weighted by molar-refractivity contribution is 0.0751. The third-order valence-corrected chi connectivity index (χ3v) is 6.11. The van der Waals surface area contributed by atoms with Gasteiger partial charge in [-0.2, -0.15) is 0 Å². The predicted octanol–water partition coefficient (Wildman–Crippen LogP) is 2.97. The monoisotopic (exact) mass is 373 g/mol. The smallest absolute Gasteiger partial charge is 0.264 e. The summed E-state index contributed by atoms with van der Waals surface area (Å²) in [7, 11) is 1.61. The van der Waals surface area contributed by atoms with Crippen molar-refractivity contribution < 1.29 is 14.3 Å². The fraction of sp³-hybridized carbons (Fsp3) is 0.474. The second kappa shape index (κ2) is 7.63. The molecule has 2 aliphatic rings. The van der Waals surface area contributed by atoms with Crippen LogP contribution in [-0.2, 0) is 4.74 Å². The highest BCUT2D eigenvalue weighted by molar-refractivity contribution is 7.14.